The monoisotopic (exact) mass is 300 g/mol. The lowest BCUT2D eigenvalue weighted by molar-refractivity contribution is 0.0993. The summed E-state index contributed by atoms with van der Waals surface area (Å²) in [7, 11) is 0. The van der Waals surface area contributed by atoms with Gasteiger partial charge in [0.1, 0.15) is 0 Å². The number of hydrogen-bond donors (Lipinski definition) is 0. The highest BCUT2D eigenvalue weighted by atomic mass is 35.5. The van der Waals surface area contributed by atoms with Gasteiger partial charge in [-0.2, -0.15) is 0 Å². The Hall–Kier alpha value is -1.64. The van der Waals surface area contributed by atoms with Crippen LogP contribution in [0.3, 0.4) is 0 Å². The molecule has 0 N–H and O–H groups in total. The first-order valence-corrected chi connectivity index (χ1v) is 7.65. The molecule has 100 valence electrons. The van der Waals surface area contributed by atoms with E-state index < -0.39 is 0 Å². The molecule has 0 atom stereocenters. The van der Waals surface area contributed by atoms with Crippen LogP contribution in [0.1, 0.15) is 21.5 Å². The van der Waals surface area contributed by atoms with Crippen molar-refractivity contribution >= 4 is 38.8 Å². The van der Waals surface area contributed by atoms with Crippen molar-refractivity contribution in [2.24, 2.45) is 0 Å². The Balaban J connectivity index is 1.92. The van der Waals surface area contributed by atoms with Gasteiger partial charge in [0.05, 0.1) is 5.02 Å². The lowest BCUT2D eigenvalue weighted by Gasteiger charge is -2.04. The lowest BCUT2D eigenvalue weighted by Crippen LogP contribution is -2.04. The normalized spacial score (nSPS) is 10.9. The average molecular weight is 301 g/mol. The van der Waals surface area contributed by atoms with Crippen molar-refractivity contribution in [3.8, 4) is 0 Å². The number of hydrogen-bond acceptors (Lipinski definition) is 2. The second-order valence-electron chi connectivity index (χ2n) is 4.84. The molecule has 3 rings (SSSR count). The van der Waals surface area contributed by atoms with E-state index in [0.29, 0.717) is 17.0 Å². The SMILES string of the molecule is Cc1ccc(C(=O)Cc2csc3ccccc23)c(Cl)c1. The van der Waals surface area contributed by atoms with Gasteiger partial charge in [-0.1, -0.05) is 35.9 Å². The molecule has 0 aliphatic carbocycles. The van der Waals surface area contributed by atoms with E-state index in [1.165, 1.54) is 4.70 Å². The Morgan fingerprint density at radius 1 is 1.20 bits per heavy atom. The molecule has 0 amide bonds. The highest BCUT2D eigenvalue weighted by Gasteiger charge is 2.13. The van der Waals surface area contributed by atoms with Crippen LogP contribution in [0.4, 0.5) is 0 Å². The van der Waals surface area contributed by atoms with Gasteiger partial charge < -0.3 is 0 Å². The molecule has 3 heteroatoms. The van der Waals surface area contributed by atoms with Crippen molar-refractivity contribution in [2.75, 3.05) is 0 Å². The molecule has 0 unspecified atom stereocenters. The molecule has 2 aromatic carbocycles. The van der Waals surface area contributed by atoms with Gasteiger partial charge in [0.2, 0.25) is 0 Å². The molecular formula is C17H13ClOS. The molecule has 0 spiro atoms. The third-order valence-corrected chi connectivity index (χ3v) is 4.66. The van der Waals surface area contributed by atoms with Gasteiger partial charge in [0, 0.05) is 16.7 Å². The third-order valence-electron chi connectivity index (χ3n) is 3.34. The second-order valence-corrected chi connectivity index (χ2v) is 6.16. The Morgan fingerprint density at radius 3 is 2.80 bits per heavy atom. The predicted molar refractivity (Wildman–Crippen MR) is 86.0 cm³/mol. The van der Waals surface area contributed by atoms with Crippen LogP contribution >= 0.6 is 22.9 Å². The summed E-state index contributed by atoms with van der Waals surface area (Å²) in [4.78, 5) is 12.4. The van der Waals surface area contributed by atoms with Gasteiger partial charge in [-0.3, -0.25) is 4.79 Å². The number of Topliss-reactive ketones (excluding diaryl/α,β-unsaturated/α-hetero) is 1. The highest BCUT2D eigenvalue weighted by molar-refractivity contribution is 7.17. The zero-order valence-corrected chi connectivity index (χ0v) is 12.6. The maximum absolute atomic E-state index is 12.4. The second kappa shape index (κ2) is 5.39. The Bertz CT molecular complexity index is 789. The van der Waals surface area contributed by atoms with Gasteiger partial charge in [-0.15, -0.1) is 11.3 Å². The first-order chi connectivity index (χ1) is 9.65. The van der Waals surface area contributed by atoms with Crippen molar-refractivity contribution in [2.45, 2.75) is 13.3 Å². The summed E-state index contributed by atoms with van der Waals surface area (Å²) in [6.45, 7) is 1.96. The molecule has 0 saturated carbocycles. The molecule has 0 saturated heterocycles. The van der Waals surface area contributed by atoms with Gasteiger partial charge in [-0.05, 0) is 47.0 Å². The molecule has 3 aromatic rings. The number of rotatable bonds is 3. The predicted octanol–water partition coefficient (Wildman–Crippen LogP) is 5.29. The van der Waals surface area contributed by atoms with Gasteiger partial charge in [0.15, 0.2) is 5.78 Å². The molecule has 0 bridgehead atoms. The average Bonchev–Trinajstić information content (AvgIpc) is 2.82. The molecule has 20 heavy (non-hydrogen) atoms. The van der Waals surface area contributed by atoms with Crippen LogP contribution < -0.4 is 0 Å². The summed E-state index contributed by atoms with van der Waals surface area (Å²) >= 11 is 7.84. The van der Waals surface area contributed by atoms with Gasteiger partial charge in [0.25, 0.3) is 0 Å². The van der Waals surface area contributed by atoms with Crippen LogP contribution in [-0.4, -0.2) is 5.78 Å². The van der Waals surface area contributed by atoms with Crippen molar-refractivity contribution in [1.82, 2.24) is 0 Å². The number of aryl methyl sites for hydroxylation is 1. The van der Waals surface area contributed by atoms with Crippen LogP contribution in [0.5, 0.6) is 0 Å². The van der Waals surface area contributed by atoms with Crippen LogP contribution in [0.2, 0.25) is 5.02 Å². The van der Waals surface area contributed by atoms with E-state index in [1.807, 2.05) is 37.3 Å². The maximum Gasteiger partial charge on any atom is 0.168 e. The Kier molecular flexibility index (Phi) is 3.60. The van der Waals surface area contributed by atoms with E-state index >= 15 is 0 Å². The van der Waals surface area contributed by atoms with Crippen LogP contribution in [0.25, 0.3) is 10.1 Å². The quantitative estimate of drug-likeness (QED) is 0.601. The first-order valence-electron chi connectivity index (χ1n) is 6.39. The van der Waals surface area contributed by atoms with E-state index in [2.05, 4.69) is 17.5 Å². The highest BCUT2D eigenvalue weighted by Crippen LogP contribution is 2.27. The fourth-order valence-electron chi connectivity index (χ4n) is 2.28. The molecule has 1 nitrogen and oxygen atoms in total. The molecule has 0 fully saturated rings. The van der Waals surface area contributed by atoms with E-state index in [9.17, 15) is 4.79 Å². The number of ketones is 1. The fourth-order valence-corrected chi connectivity index (χ4v) is 3.59. The molecule has 0 aliphatic heterocycles. The summed E-state index contributed by atoms with van der Waals surface area (Å²) in [5.74, 6) is 0.0681. The zero-order valence-electron chi connectivity index (χ0n) is 11.0. The number of halogens is 1. The van der Waals surface area contributed by atoms with Gasteiger partial charge >= 0.3 is 0 Å². The number of carbonyl (C=O) groups is 1. The van der Waals surface area contributed by atoms with Crippen LogP contribution in [-0.2, 0) is 6.42 Å². The lowest BCUT2D eigenvalue weighted by atomic mass is 10.0. The summed E-state index contributed by atoms with van der Waals surface area (Å²) in [5.41, 5.74) is 2.74. The largest absolute Gasteiger partial charge is 0.294 e. The topological polar surface area (TPSA) is 17.1 Å². The molecular weight excluding hydrogens is 288 g/mol. The molecule has 0 aliphatic rings. The Morgan fingerprint density at radius 2 is 2.00 bits per heavy atom. The van der Waals surface area contributed by atoms with E-state index in [1.54, 1.807) is 11.3 Å². The standard InChI is InChI=1S/C17H13ClOS/c1-11-6-7-14(15(18)8-11)16(19)9-12-10-20-17-5-3-2-4-13(12)17/h2-8,10H,9H2,1H3. The molecule has 0 radical (unpaired) electrons. The summed E-state index contributed by atoms with van der Waals surface area (Å²) in [6, 6.07) is 13.7. The maximum atomic E-state index is 12.4. The molecule has 1 aromatic heterocycles. The number of thiophene rings is 1. The van der Waals surface area contributed by atoms with E-state index in [0.717, 1.165) is 16.5 Å². The number of benzene rings is 2. The first kappa shape index (κ1) is 13.3. The van der Waals surface area contributed by atoms with Crippen molar-refractivity contribution in [3.63, 3.8) is 0 Å². The summed E-state index contributed by atoms with van der Waals surface area (Å²) in [5, 5.41) is 3.76. The van der Waals surface area contributed by atoms with Crippen molar-refractivity contribution in [1.29, 1.82) is 0 Å². The minimum absolute atomic E-state index is 0.0681. The fraction of sp³-hybridized carbons (Fsp3) is 0.118. The summed E-state index contributed by atoms with van der Waals surface area (Å²) < 4.78 is 1.21. The van der Waals surface area contributed by atoms with Gasteiger partial charge in [-0.25, -0.2) is 0 Å². The van der Waals surface area contributed by atoms with E-state index in [-0.39, 0.29) is 5.78 Å². The third kappa shape index (κ3) is 2.49. The minimum Gasteiger partial charge on any atom is -0.294 e. The number of fused-ring (bicyclic) bond motifs is 1. The summed E-state index contributed by atoms with van der Waals surface area (Å²) in [6.07, 6.45) is 0.396. The number of carbonyl (C=O) groups excluding carboxylic acids is 1. The van der Waals surface area contributed by atoms with E-state index in [4.69, 9.17) is 11.6 Å². The smallest absolute Gasteiger partial charge is 0.168 e. The van der Waals surface area contributed by atoms with Crippen molar-refractivity contribution < 1.29 is 4.79 Å². The Labute approximate surface area is 126 Å². The molecule has 1 heterocycles. The van der Waals surface area contributed by atoms with Crippen LogP contribution in [0.15, 0.2) is 47.8 Å². The minimum atomic E-state index is 0.0681. The zero-order chi connectivity index (χ0) is 14.1. The van der Waals surface area contributed by atoms with Crippen molar-refractivity contribution in [3.05, 3.63) is 69.6 Å². The van der Waals surface area contributed by atoms with Crippen LogP contribution in [0, 0.1) is 6.92 Å².